The molecule has 0 amide bonds. The summed E-state index contributed by atoms with van der Waals surface area (Å²) in [6, 6.07) is 0. The monoisotopic (exact) mass is 346 g/mol. The van der Waals surface area contributed by atoms with E-state index in [0.717, 1.165) is 11.1 Å². The molecule has 136 valence electrons. The number of rotatable bonds is 3. The van der Waals surface area contributed by atoms with Crippen molar-refractivity contribution in [1.82, 2.24) is 0 Å². The molecule has 0 saturated carbocycles. The SMILES string of the molecule is C=C1C(=O)O[C@H]2[C@H]1[C@@H](OC(=O)CC(C)C)CC(C)=C1C=C[C@@](C)(O)[C@@H]12. The molecule has 0 radical (unpaired) electrons. The molecule has 3 rings (SSSR count). The van der Waals surface area contributed by atoms with Crippen molar-refractivity contribution in [2.75, 3.05) is 0 Å². The molecule has 0 aromatic heterocycles. The van der Waals surface area contributed by atoms with Gasteiger partial charge in [-0.3, -0.25) is 4.79 Å². The Morgan fingerprint density at radius 1 is 1.52 bits per heavy atom. The van der Waals surface area contributed by atoms with Crippen molar-refractivity contribution in [3.63, 3.8) is 0 Å². The van der Waals surface area contributed by atoms with Gasteiger partial charge in [-0.25, -0.2) is 4.79 Å². The molecule has 2 aliphatic carbocycles. The number of aliphatic hydroxyl groups is 1. The predicted molar refractivity (Wildman–Crippen MR) is 92.4 cm³/mol. The van der Waals surface area contributed by atoms with E-state index < -0.39 is 29.7 Å². The Morgan fingerprint density at radius 3 is 2.84 bits per heavy atom. The van der Waals surface area contributed by atoms with Crippen LogP contribution in [-0.4, -0.2) is 34.9 Å². The molecule has 0 unspecified atom stereocenters. The molecule has 0 bridgehead atoms. The van der Waals surface area contributed by atoms with Crippen LogP contribution in [-0.2, 0) is 19.1 Å². The van der Waals surface area contributed by atoms with Crippen LogP contribution in [0.3, 0.4) is 0 Å². The fourth-order valence-electron chi connectivity index (χ4n) is 4.23. The van der Waals surface area contributed by atoms with E-state index in [1.807, 2.05) is 26.8 Å². The lowest BCUT2D eigenvalue weighted by Crippen LogP contribution is -2.43. The topological polar surface area (TPSA) is 72.8 Å². The summed E-state index contributed by atoms with van der Waals surface area (Å²) >= 11 is 0. The van der Waals surface area contributed by atoms with Gasteiger partial charge in [-0.1, -0.05) is 38.2 Å². The maximum Gasteiger partial charge on any atom is 0.334 e. The number of fused-ring (bicyclic) bond motifs is 3. The highest BCUT2D eigenvalue weighted by molar-refractivity contribution is 5.91. The molecule has 5 nitrogen and oxygen atoms in total. The van der Waals surface area contributed by atoms with Crippen LogP contribution < -0.4 is 0 Å². The predicted octanol–water partition coefficient (Wildman–Crippen LogP) is 2.70. The zero-order valence-corrected chi connectivity index (χ0v) is 15.2. The first-order chi connectivity index (χ1) is 11.6. The summed E-state index contributed by atoms with van der Waals surface area (Å²) in [5.41, 5.74) is 1.22. The number of allylic oxidation sites excluding steroid dienone is 1. The summed E-state index contributed by atoms with van der Waals surface area (Å²) in [6.07, 6.45) is 3.39. The third-order valence-corrected chi connectivity index (χ3v) is 5.41. The van der Waals surface area contributed by atoms with E-state index in [1.54, 1.807) is 13.0 Å². The number of ether oxygens (including phenoxy) is 2. The number of hydrogen-bond acceptors (Lipinski definition) is 5. The lowest BCUT2D eigenvalue weighted by atomic mass is 9.78. The molecular weight excluding hydrogens is 320 g/mol. The Labute approximate surface area is 148 Å². The van der Waals surface area contributed by atoms with Gasteiger partial charge in [0, 0.05) is 18.4 Å². The van der Waals surface area contributed by atoms with Gasteiger partial charge in [-0.05, 0) is 25.3 Å². The van der Waals surface area contributed by atoms with Gasteiger partial charge in [0.1, 0.15) is 12.2 Å². The van der Waals surface area contributed by atoms with Crippen molar-refractivity contribution in [2.24, 2.45) is 17.8 Å². The standard InChI is InChI=1S/C20H26O5/c1-10(2)8-15(21)24-14-9-11(3)13-6-7-20(5,23)17(13)18-16(14)12(4)19(22)25-18/h6-7,10,14,16-18,23H,4,8-9H2,1-3,5H3/t14-,16+,17-,18-,20+/m0/s1. The van der Waals surface area contributed by atoms with Crippen LogP contribution in [0.25, 0.3) is 0 Å². The second kappa shape index (κ2) is 6.13. The molecule has 1 fully saturated rings. The zero-order chi connectivity index (χ0) is 18.5. The molecule has 3 aliphatic rings. The highest BCUT2D eigenvalue weighted by atomic mass is 16.6. The van der Waals surface area contributed by atoms with E-state index in [0.29, 0.717) is 18.4 Å². The summed E-state index contributed by atoms with van der Waals surface area (Å²) in [5.74, 6) is -1.36. The van der Waals surface area contributed by atoms with Crippen LogP contribution in [0.15, 0.2) is 35.5 Å². The van der Waals surface area contributed by atoms with Gasteiger partial charge >= 0.3 is 11.9 Å². The Bertz CT molecular complexity index is 682. The minimum absolute atomic E-state index is 0.196. The molecule has 1 aliphatic heterocycles. The molecule has 25 heavy (non-hydrogen) atoms. The van der Waals surface area contributed by atoms with Gasteiger partial charge < -0.3 is 14.6 Å². The van der Waals surface area contributed by atoms with Crippen LogP contribution in [0.1, 0.15) is 40.5 Å². The highest BCUT2D eigenvalue weighted by Gasteiger charge is 2.56. The van der Waals surface area contributed by atoms with E-state index in [9.17, 15) is 14.7 Å². The average molecular weight is 346 g/mol. The van der Waals surface area contributed by atoms with Crippen LogP contribution in [0, 0.1) is 17.8 Å². The third-order valence-electron chi connectivity index (χ3n) is 5.41. The molecule has 0 aromatic carbocycles. The quantitative estimate of drug-likeness (QED) is 0.628. The van der Waals surface area contributed by atoms with Crippen LogP contribution in [0.2, 0.25) is 0 Å². The first kappa shape index (κ1) is 17.9. The van der Waals surface area contributed by atoms with E-state index >= 15 is 0 Å². The van der Waals surface area contributed by atoms with Crippen molar-refractivity contribution in [2.45, 2.75) is 58.3 Å². The fraction of sp³-hybridized carbons (Fsp3) is 0.600. The second-order valence-electron chi connectivity index (χ2n) is 8.02. The van der Waals surface area contributed by atoms with Crippen molar-refractivity contribution in [1.29, 1.82) is 0 Å². The van der Waals surface area contributed by atoms with Gasteiger partial charge in [0.05, 0.1) is 17.4 Å². The van der Waals surface area contributed by atoms with Crippen LogP contribution >= 0.6 is 0 Å². The number of carbonyl (C=O) groups excluding carboxylic acids is 2. The van der Waals surface area contributed by atoms with E-state index in [2.05, 4.69) is 6.58 Å². The summed E-state index contributed by atoms with van der Waals surface area (Å²) in [6.45, 7) is 11.5. The van der Waals surface area contributed by atoms with Gasteiger partial charge in [-0.2, -0.15) is 0 Å². The molecular formula is C20H26O5. The first-order valence-electron chi connectivity index (χ1n) is 8.82. The normalized spacial score (nSPS) is 37.0. The molecule has 0 aromatic rings. The van der Waals surface area contributed by atoms with Crippen LogP contribution in [0.4, 0.5) is 0 Å². The van der Waals surface area contributed by atoms with Crippen molar-refractivity contribution < 1.29 is 24.2 Å². The highest BCUT2D eigenvalue weighted by Crippen LogP contribution is 2.50. The molecule has 5 atom stereocenters. The third kappa shape index (κ3) is 3.06. The van der Waals surface area contributed by atoms with Crippen molar-refractivity contribution in [3.05, 3.63) is 35.5 Å². The van der Waals surface area contributed by atoms with E-state index in [1.165, 1.54) is 0 Å². The summed E-state index contributed by atoms with van der Waals surface area (Å²) in [4.78, 5) is 24.4. The largest absolute Gasteiger partial charge is 0.461 e. The molecule has 5 heteroatoms. The lowest BCUT2D eigenvalue weighted by molar-refractivity contribution is -0.154. The number of esters is 2. The molecule has 0 spiro atoms. The lowest BCUT2D eigenvalue weighted by Gasteiger charge is -2.33. The number of hydrogen-bond donors (Lipinski definition) is 1. The Kier molecular flexibility index (Phi) is 4.40. The first-order valence-corrected chi connectivity index (χ1v) is 8.82. The van der Waals surface area contributed by atoms with Gasteiger partial charge in [0.15, 0.2) is 0 Å². The van der Waals surface area contributed by atoms with Gasteiger partial charge in [0.2, 0.25) is 0 Å². The molecule has 1 heterocycles. The minimum Gasteiger partial charge on any atom is -0.461 e. The number of carbonyl (C=O) groups is 2. The van der Waals surface area contributed by atoms with E-state index in [-0.39, 0.29) is 17.8 Å². The maximum atomic E-state index is 12.2. The maximum absolute atomic E-state index is 12.2. The molecule has 1 saturated heterocycles. The summed E-state index contributed by atoms with van der Waals surface area (Å²) in [7, 11) is 0. The van der Waals surface area contributed by atoms with E-state index in [4.69, 9.17) is 9.47 Å². The summed E-state index contributed by atoms with van der Waals surface area (Å²) in [5, 5.41) is 10.8. The van der Waals surface area contributed by atoms with Gasteiger partial charge in [0.25, 0.3) is 0 Å². The smallest absolute Gasteiger partial charge is 0.334 e. The van der Waals surface area contributed by atoms with Crippen molar-refractivity contribution >= 4 is 11.9 Å². The second-order valence-corrected chi connectivity index (χ2v) is 8.02. The van der Waals surface area contributed by atoms with Gasteiger partial charge in [-0.15, -0.1) is 0 Å². The molecule has 1 N–H and O–H groups in total. The summed E-state index contributed by atoms with van der Waals surface area (Å²) < 4.78 is 11.3. The zero-order valence-electron chi connectivity index (χ0n) is 15.2. The van der Waals surface area contributed by atoms with Crippen LogP contribution in [0.5, 0.6) is 0 Å². The fourth-order valence-corrected chi connectivity index (χ4v) is 4.23. The average Bonchev–Trinajstić information content (AvgIpc) is 2.89. The Balaban J connectivity index is 1.97. The minimum atomic E-state index is -1.11. The Hall–Kier alpha value is -1.88. The van der Waals surface area contributed by atoms with Crippen molar-refractivity contribution in [3.8, 4) is 0 Å². The Morgan fingerprint density at radius 2 is 2.20 bits per heavy atom.